The fourth-order valence-corrected chi connectivity index (χ4v) is 3.12. The van der Waals surface area contributed by atoms with Crippen LogP contribution in [0.4, 0.5) is 5.69 Å². The highest BCUT2D eigenvalue weighted by Gasteiger charge is 2.19. The normalized spacial score (nSPS) is 10.6. The lowest BCUT2D eigenvalue weighted by Gasteiger charge is -2.16. The zero-order chi connectivity index (χ0) is 20.3. The number of halogens is 1. The first-order valence-electron chi connectivity index (χ1n) is 9.08. The molecule has 1 heterocycles. The number of hydrogen-bond donors (Lipinski definition) is 1. The monoisotopic (exact) mass is 394 g/mol. The van der Waals surface area contributed by atoms with Crippen LogP contribution in [-0.2, 0) is 6.61 Å². The molecule has 0 aliphatic heterocycles. The number of pyridine rings is 1. The van der Waals surface area contributed by atoms with Crippen LogP contribution in [0.2, 0.25) is 5.02 Å². The lowest BCUT2D eigenvalue weighted by Crippen LogP contribution is -2.17. The molecule has 28 heavy (non-hydrogen) atoms. The highest BCUT2D eigenvalue weighted by Crippen LogP contribution is 2.26. The Bertz CT molecular complexity index is 1010. The molecule has 144 valence electrons. The first-order chi connectivity index (χ1) is 13.3. The topological polar surface area (TPSA) is 51.2 Å². The van der Waals surface area contributed by atoms with Crippen molar-refractivity contribution in [2.45, 2.75) is 34.3 Å². The molecule has 1 amide bonds. The Morgan fingerprint density at radius 1 is 1.07 bits per heavy atom. The van der Waals surface area contributed by atoms with Crippen molar-refractivity contribution < 1.29 is 9.53 Å². The zero-order valence-electron chi connectivity index (χ0n) is 16.5. The minimum atomic E-state index is -0.232. The lowest BCUT2D eigenvalue weighted by molar-refractivity contribution is 0.102. The van der Waals surface area contributed by atoms with Gasteiger partial charge in [0, 0.05) is 22.5 Å². The van der Waals surface area contributed by atoms with E-state index in [0.29, 0.717) is 28.6 Å². The first-order valence-corrected chi connectivity index (χ1v) is 9.46. The van der Waals surface area contributed by atoms with Crippen molar-refractivity contribution >= 4 is 23.2 Å². The molecule has 5 heteroatoms. The maximum Gasteiger partial charge on any atom is 0.261 e. The Labute approximate surface area is 170 Å². The van der Waals surface area contributed by atoms with Gasteiger partial charge in [-0.1, -0.05) is 35.9 Å². The number of rotatable bonds is 5. The van der Waals surface area contributed by atoms with Crippen molar-refractivity contribution in [1.29, 1.82) is 0 Å². The number of aryl methyl sites for hydroxylation is 3. The van der Waals surface area contributed by atoms with Crippen molar-refractivity contribution in [3.63, 3.8) is 0 Å². The van der Waals surface area contributed by atoms with Crippen molar-refractivity contribution in [3.8, 4) is 5.75 Å². The molecule has 0 spiro atoms. The largest absolute Gasteiger partial charge is 0.488 e. The van der Waals surface area contributed by atoms with Crippen LogP contribution in [0.5, 0.6) is 5.75 Å². The number of nitrogens with one attached hydrogen (secondary N) is 1. The second kappa shape index (κ2) is 8.44. The molecule has 3 rings (SSSR count). The van der Waals surface area contributed by atoms with Gasteiger partial charge in [-0.05, 0) is 62.6 Å². The third-order valence-corrected chi connectivity index (χ3v) is 4.93. The van der Waals surface area contributed by atoms with Crippen molar-refractivity contribution in [2.24, 2.45) is 0 Å². The standard InChI is InChI=1S/C23H23ClN2O2/c1-14-6-5-7-20(16(14)3)26-23(27)22-17(4)25-15(2)12-21(22)28-13-18-8-10-19(24)11-9-18/h5-12H,13H2,1-4H3,(H,26,27). The van der Waals surface area contributed by atoms with Gasteiger partial charge in [0.25, 0.3) is 5.91 Å². The van der Waals surface area contributed by atoms with E-state index in [1.54, 1.807) is 6.07 Å². The number of carbonyl (C=O) groups is 1. The number of amides is 1. The number of hydrogen-bond acceptors (Lipinski definition) is 3. The van der Waals surface area contributed by atoms with Gasteiger partial charge in [-0.15, -0.1) is 0 Å². The Morgan fingerprint density at radius 2 is 1.79 bits per heavy atom. The van der Waals surface area contributed by atoms with Gasteiger partial charge in [0.05, 0.1) is 5.69 Å². The first kappa shape index (κ1) is 19.9. The number of ether oxygens (including phenoxy) is 1. The molecule has 1 aromatic heterocycles. The fourth-order valence-electron chi connectivity index (χ4n) is 3.00. The van der Waals surface area contributed by atoms with Crippen molar-refractivity contribution in [3.05, 3.63) is 87.2 Å². The molecular weight excluding hydrogens is 372 g/mol. The van der Waals surface area contributed by atoms with Crippen molar-refractivity contribution in [1.82, 2.24) is 4.98 Å². The molecule has 3 aromatic rings. The van der Waals surface area contributed by atoms with Crippen LogP contribution in [0.25, 0.3) is 0 Å². The summed E-state index contributed by atoms with van der Waals surface area (Å²) >= 11 is 5.94. The summed E-state index contributed by atoms with van der Waals surface area (Å²) in [7, 11) is 0. The smallest absolute Gasteiger partial charge is 0.261 e. The molecule has 2 aromatic carbocycles. The number of carbonyl (C=O) groups excluding carboxylic acids is 1. The van der Waals surface area contributed by atoms with E-state index in [1.807, 2.05) is 70.2 Å². The SMILES string of the molecule is Cc1cc(OCc2ccc(Cl)cc2)c(C(=O)Nc2cccc(C)c2C)c(C)n1. The summed E-state index contributed by atoms with van der Waals surface area (Å²) in [4.78, 5) is 17.5. The number of aromatic nitrogens is 1. The summed E-state index contributed by atoms with van der Waals surface area (Å²) in [6, 6.07) is 15.1. The maximum absolute atomic E-state index is 13.0. The van der Waals surface area contributed by atoms with Gasteiger partial charge < -0.3 is 10.1 Å². The number of benzene rings is 2. The van der Waals surface area contributed by atoms with E-state index in [-0.39, 0.29) is 5.91 Å². The van der Waals surface area contributed by atoms with Crippen LogP contribution in [-0.4, -0.2) is 10.9 Å². The molecule has 0 bridgehead atoms. The van der Waals surface area contributed by atoms with Crippen LogP contribution in [0.1, 0.15) is 38.4 Å². The maximum atomic E-state index is 13.0. The molecule has 1 N–H and O–H groups in total. The summed E-state index contributed by atoms with van der Waals surface area (Å²) in [6.07, 6.45) is 0. The average molecular weight is 395 g/mol. The number of nitrogens with zero attached hydrogens (tertiary/aromatic N) is 1. The summed E-state index contributed by atoms with van der Waals surface area (Å²) in [5, 5.41) is 3.67. The van der Waals surface area contributed by atoms with Crippen LogP contribution >= 0.6 is 11.6 Å². The third kappa shape index (κ3) is 4.52. The van der Waals surface area contributed by atoms with Gasteiger partial charge in [-0.3, -0.25) is 9.78 Å². The molecule has 0 fully saturated rings. The lowest BCUT2D eigenvalue weighted by atomic mass is 10.1. The Kier molecular flexibility index (Phi) is 6.00. The zero-order valence-corrected chi connectivity index (χ0v) is 17.2. The molecular formula is C23H23ClN2O2. The molecule has 4 nitrogen and oxygen atoms in total. The predicted molar refractivity (Wildman–Crippen MR) is 113 cm³/mol. The van der Waals surface area contributed by atoms with Crippen LogP contribution in [0, 0.1) is 27.7 Å². The molecule has 0 saturated carbocycles. The van der Waals surface area contributed by atoms with Gasteiger partial charge in [0.15, 0.2) is 0 Å². The third-order valence-electron chi connectivity index (χ3n) is 4.68. The minimum absolute atomic E-state index is 0.232. The van der Waals surface area contributed by atoms with Gasteiger partial charge >= 0.3 is 0 Å². The number of anilines is 1. The Morgan fingerprint density at radius 3 is 2.50 bits per heavy atom. The molecule has 0 unspecified atom stereocenters. The van der Waals surface area contributed by atoms with E-state index in [2.05, 4.69) is 10.3 Å². The fraction of sp³-hybridized carbons (Fsp3) is 0.217. The molecule has 0 atom stereocenters. The van der Waals surface area contributed by atoms with Gasteiger partial charge in [0.2, 0.25) is 0 Å². The average Bonchev–Trinajstić information content (AvgIpc) is 2.64. The van der Waals surface area contributed by atoms with Gasteiger partial charge in [-0.2, -0.15) is 0 Å². The van der Waals surface area contributed by atoms with Crippen molar-refractivity contribution in [2.75, 3.05) is 5.32 Å². The van der Waals surface area contributed by atoms with E-state index in [4.69, 9.17) is 16.3 Å². The summed E-state index contributed by atoms with van der Waals surface area (Å²) < 4.78 is 5.99. The summed E-state index contributed by atoms with van der Waals surface area (Å²) in [5.41, 5.74) is 5.79. The quantitative estimate of drug-likeness (QED) is 0.594. The van der Waals surface area contributed by atoms with Gasteiger partial charge in [-0.25, -0.2) is 0 Å². The van der Waals surface area contributed by atoms with E-state index in [0.717, 1.165) is 28.1 Å². The Hall–Kier alpha value is -2.85. The molecule has 0 radical (unpaired) electrons. The van der Waals surface area contributed by atoms with E-state index >= 15 is 0 Å². The summed E-state index contributed by atoms with van der Waals surface area (Å²) in [5.74, 6) is 0.285. The van der Waals surface area contributed by atoms with Crippen LogP contribution < -0.4 is 10.1 Å². The highest BCUT2D eigenvalue weighted by atomic mass is 35.5. The van der Waals surface area contributed by atoms with E-state index < -0.39 is 0 Å². The Balaban J connectivity index is 1.88. The van der Waals surface area contributed by atoms with Crippen LogP contribution in [0.15, 0.2) is 48.5 Å². The molecule has 0 aliphatic rings. The second-order valence-electron chi connectivity index (χ2n) is 6.84. The van der Waals surface area contributed by atoms with Crippen LogP contribution in [0.3, 0.4) is 0 Å². The molecule has 0 aliphatic carbocycles. The minimum Gasteiger partial charge on any atom is -0.488 e. The highest BCUT2D eigenvalue weighted by molar-refractivity contribution is 6.30. The van der Waals surface area contributed by atoms with E-state index in [1.165, 1.54) is 0 Å². The summed E-state index contributed by atoms with van der Waals surface area (Å²) in [6.45, 7) is 8.05. The van der Waals surface area contributed by atoms with Gasteiger partial charge in [0.1, 0.15) is 17.9 Å². The molecule has 0 saturated heterocycles. The van der Waals surface area contributed by atoms with E-state index in [9.17, 15) is 4.79 Å². The second-order valence-corrected chi connectivity index (χ2v) is 7.28. The predicted octanol–water partition coefficient (Wildman–Crippen LogP) is 5.80.